The van der Waals surface area contributed by atoms with E-state index in [1.165, 1.54) is 25.8 Å². The maximum atomic E-state index is 3.71. The minimum Gasteiger partial charge on any atom is -0.302 e. The quantitative estimate of drug-likeness (QED) is 0.538. The first kappa shape index (κ1) is 7.80. The molecule has 0 spiro atoms. The summed E-state index contributed by atoms with van der Waals surface area (Å²) >= 11 is 0. The highest BCUT2D eigenvalue weighted by Crippen LogP contribution is 2.26. The lowest BCUT2D eigenvalue weighted by atomic mass is 9.85. The van der Waals surface area contributed by atoms with Crippen molar-refractivity contribution in [2.45, 2.75) is 19.3 Å². The molecule has 0 radical (unpaired) electrons. The van der Waals surface area contributed by atoms with E-state index in [0.717, 1.165) is 12.5 Å². The van der Waals surface area contributed by atoms with E-state index in [0.29, 0.717) is 0 Å². The minimum absolute atomic E-state index is 0.991. The van der Waals surface area contributed by atoms with Gasteiger partial charge in [-0.1, -0.05) is 12.5 Å². The second kappa shape index (κ2) is 3.77. The van der Waals surface area contributed by atoms with E-state index < -0.39 is 0 Å². The van der Waals surface area contributed by atoms with Crippen molar-refractivity contribution >= 4 is 0 Å². The van der Waals surface area contributed by atoms with Crippen LogP contribution in [0.4, 0.5) is 0 Å². The summed E-state index contributed by atoms with van der Waals surface area (Å²) in [5.41, 5.74) is 0. The zero-order chi connectivity index (χ0) is 7.40. The average molecular weight is 139 g/mol. The van der Waals surface area contributed by atoms with E-state index in [2.05, 4.69) is 18.5 Å². The molecule has 0 unspecified atom stereocenters. The Kier molecular flexibility index (Phi) is 2.94. The van der Waals surface area contributed by atoms with Crippen LogP contribution in [0.2, 0.25) is 0 Å². The molecule has 0 N–H and O–H groups in total. The number of hydrogen-bond donors (Lipinski definition) is 0. The van der Waals surface area contributed by atoms with Crippen molar-refractivity contribution in [2.75, 3.05) is 20.1 Å². The van der Waals surface area contributed by atoms with Gasteiger partial charge in [0, 0.05) is 13.1 Å². The highest BCUT2D eigenvalue weighted by molar-refractivity contribution is 4.76. The minimum atomic E-state index is 0.991. The summed E-state index contributed by atoms with van der Waals surface area (Å²) in [4.78, 5) is 2.34. The van der Waals surface area contributed by atoms with E-state index in [-0.39, 0.29) is 0 Å². The number of rotatable bonds is 4. The van der Waals surface area contributed by atoms with Gasteiger partial charge in [-0.25, -0.2) is 0 Å². The normalized spacial score (nSPS) is 19.0. The van der Waals surface area contributed by atoms with Crippen molar-refractivity contribution in [3.63, 3.8) is 0 Å². The Balaban J connectivity index is 2.04. The molecule has 0 aromatic heterocycles. The second-order valence-electron chi connectivity index (χ2n) is 3.31. The molecular weight excluding hydrogens is 122 g/mol. The molecule has 58 valence electrons. The Bertz CT molecular complexity index is 105. The van der Waals surface area contributed by atoms with Gasteiger partial charge in [0.1, 0.15) is 0 Å². The predicted molar refractivity (Wildman–Crippen MR) is 45.0 cm³/mol. The molecule has 1 nitrogen and oxygen atoms in total. The zero-order valence-corrected chi connectivity index (χ0v) is 6.84. The lowest BCUT2D eigenvalue weighted by Crippen LogP contribution is -2.29. The van der Waals surface area contributed by atoms with Crippen LogP contribution in [-0.2, 0) is 0 Å². The Morgan fingerprint density at radius 2 is 2.30 bits per heavy atom. The van der Waals surface area contributed by atoms with Gasteiger partial charge in [0.15, 0.2) is 0 Å². The topological polar surface area (TPSA) is 3.24 Å². The smallest absolute Gasteiger partial charge is 0.0157 e. The van der Waals surface area contributed by atoms with Crippen LogP contribution in [0, 0.1) is 5.92 Å². The van der Waals surface area contributed by atoms with Gasteiger partial charge < -0.3 is 4.90 Å². The lowest BCUT2D eigenvalue weighted by Gasteiger charge is -2.29. The molecule has 0 atom stereocenters. The van der Waals surface area contributed by atoms with Gasteiger partial charge in [-0.05, 0) is 25.8 Å². The molecule has 0 amide bonds. The van der Waals surface area contributed by atoms with Crippen molar-refractivity contribution in [2.24, 2.45) is 5.92 Å². The molecule has 10 heavy (non-hydrogen) atoms. The molecule has 1 aliphatic rings. The number of hydrogen-bond acceptors (Lipinski definition) is 1. The first-order valence-electron chi connectivity index (χ1n) is 4.12. The fourth-order valence-electron chi connectivity index (χ4n) is 1.41. The van der Waals surface area contributed by atoms with Gasteiger partial charge in [-0.2, -0.15) is 0 Å². The van der Waals surface area contributed by atoms with Crippen molar-refractivity contribution in [1.82, 2.24) is 4.90 Å². The van der Waals surface area contributed by atoms with Crippen molar-refractivity contribution in [3.8, 4) is 0 Å². The Morgan fingerprint density at radius 1 is 1.60 bits per heavy atom. The third-order valence-electron chi connectivity index (χ3n) is 2.24. The molecular formula is C9H17N. The largest absolute Gasteiger partial charge is 0.302 e. The number of likely N-dealkylation sites (N-methyl/N-ethyl adjacent to an activating group) is 1. The van der Waals surface area contributed by atoms with E-state index in [1.807, 2.05) is 6.08 Å². The molecule has 1 aliphatic carbocycles. The average Bonchev–Trinajstić information content (AvgIpc) is 1.80. The molecule has 0 saturated heterocycles. The van der Waals surface area contributed by atoms with Gasteiger partial charge in [-0.3, -0.25) is 0 Å². The van der Waals surface area contributed by atoms with Crippen LogP contribution in [0.25, 0.3) is 0 Å². The Labute approximate surface area is 63.7 Å². The second-order valence-corrected chi connectivity index (χ2v) is 3.31. The molecule has 1 fully saturated rings. The highest BCUT2D eigenvalue weighted by atomic mass is 15.1. The summed E-state index contributed by atoms with van der Waals surface area (Å²) in [5, 5.41) is 0. The van der Waals surface area contributed by atoms with Crippen molar-refractivity contribution < 1.29 is 0 Å². The van der Waals surface area contributed by atoms with Crippen LogP contribution in [0.3, 0.4) is 0 Å². The zero-order valence-electron chi connectivity index (χ0n) is 6.84. The standard InChI is InChI=1S/C9H17N/c1-3-7-10(2)8-9-5-4-6-9/h3,9H,1,4-8H2,2H3. The molecule has 0 aromatic carbocycles. The summed E-state index contributed by atoms with van der Waals surface area (Å²) in [6, 6.07) is 0. The van der Waals surface area contributed by atoms with Crippen LogP contribution < -0.4 is 0 Å². The SMILES string of the molecule is C=CCN(C)CC1CCC1. The summed E-state index contributed by atoms with van der Waals surface area (Å²) in [6.07, 6.45) is 6.31. The fraction of sp³-hybridized carbons (Fsp3) is 0.778. The molecule has 0 aromatic rings. The van der Waals surface area contributed by atoms with E-state index >= 15 is 0 Å². The highest BCUT2D eigenvalue weighted by Gasteiger charge is 2.17. The predicted octanol–water partition coefficient (Wildman–Crippen LogP) is 1.90. The first-order valence-corrected chi connectivity index (χ1v) is 4.12. The van der Waals surface area contributed by atoms with Gasteiger partial charge in [-0.15, -0.1) is 6.58 Å². The van der Waals surface area contributed by atoms with E-state index in [9.17, 15) is 0 Å². The third kappa shape index (κ3) is 2.14. The molecule has 0 heterocycles. The van der Waals surface area contributed by atoms with Crippen LogP contribution in [0.5, 0.6) is 0 Å². The van der Waals surface area contributed by atoms with Gasteiger partial charge in [0.2, 0.25) is 0 Å². The Morgan fingerprint density at radius 3 is 2.70 bits per heavy atom. The molecule has 1 saturated carbocycles. The maximum Gasteiger partial charge on any atom is 0.0157 e. The van der Waals surface area contributed by atoms with Crippen LogP contribution in [-0.4, -0.2) is 25.0 Å². The maximum absolute atomic E-state index is 3.71. The molecule has 0 aliphatic heterocycles. The fourth-order valence-corrected chi connectivity index (χ4v) is 1.41. The van der Waals surface area contributed by atoms with E-state index in [1.54, 1.807) is 0 Å². The number of nitrogens with zero attached hydrogens (tertiary/aromatic N) is 1. The lowest BCUT2D eigenvalue weighted by molar-refractivity contribution is 0.218. The summed E-state index contributed by atoms with van der Waals surface area (Å²) in [6.45, 7) is 6.02. The third-order valence-corrected chi connectivity index (χ3v) is 2.24. The van der Waals surface area contributed by atoms with Crippen molar-refractivity contribution in [3.05, 3.63) is 12.7 Å². The van der Waals surface area contributed by atoms with Gasteiger partial charge in [0.05, 0.1) is 0 Å². The van der Waals surface area contributed by atoms with Crippen LogP contribution in [0.15, 0.2) is 12.7 Å². The molecule has 0 bridgehead atoms. The molecule has 1 rings (SSSR count). The van der Waals surface area contributed by atoms with Crippen LogP contribution >= 0.6 is 0 Å². The summed E-state index contributed by atoms with van der Waals surface area (Å²) < 4.78 is 0. The monoisotopic (exact) mass is 139 g/mol. The van der Waals surface area contributed by atoms with Crippen LogP contribution in [0.1, 0.15) is 19.3 Å². The molecule has 1 heteroatoms. The van der Waals surface area contributed by atoms with E-state index in [4.69, 9.17) is 0 Å². The summed E-state index contributed by atoms with van der Waals surface area (Å²) in [7, 11) is 2.17. The van der Waals surface area contributed by atoms with Gasteiger partial charge in [0.25, 0.3) is 0 Å². The Hall–Kier alpha value is -0.300. The first-order chi connectivity index (χ1) is 4.83. The van der Waals surface area contributed by atoms with Gasteiger partial charge >= 0.3 is 0 Å². The summed E-state index contributed by atoms with van der Waals surface area (Å²) in [5.74, 6) is 0.991. The van der Waals surface area contributed by atoms with Crippen molar-refractivity contribution in [1.29, 1.82) is 0 Å².